The van der Waals surface area contributed by atoms with Crippen molar-refractivity contribution in [2.75, 3.05) is 10.0 Å². The summed E-state index contributed by atoms with van der Waals surface area (Å²) in [5, 5.41) is 5.04. The fraction of sp³-hybridized carbons (Fsp3) is 0. The summed E-state index contributed by atoms with van der Waals surface area (Å²) >= 11 is 1.37. The number of thiazole rings is 1. The highest BCUT2D eigenvalue weighted by Gasteiger charge is 2.16. The van der Waals surface area contributed by atoms with E-state index in [9.17, 15) is 13.2 Å². The second kappa shape index (κ2) is 8.90. The van der Waals surface area contributed by atoms with Crippen molar-refractivity contribution < 1.29 is 17.9 Å². The van der Waals surface area contributed by atoms with Gasteiger partial charge in [0.1, 0.15) is 5.75 Å². The van der Waals surface area contributed by atoms with Crippen molar-refractivity contribution in [2.45, 2.75) is 4.90 Å². The van der Waals surface area contributed by atoms with Crippen molar-refractivity contribution in [3.8, 4) is 10.9 Å². The molecule has 4 rings (SSSR count). The van der Waals surface area contributed by atoms with Crippen LogP contribution in [0.15, 0.2) is 83.5 Å². The molecule has 2 aromatic heterocycles. The van der Waals surface area contributed by atoms with E-state index in [2.05, 4.69) is 25.0 Å². The van der Waals surface area contributed by atoms with Crippen LogP contribution in [0.5, 0.6) is 10.9 Å². The van der Waals surface area contributed by atoms with Crippen molar-refractivity contribution in [1.82, 2.24) is 15.0 Å². The molecular weight excluding hydrogens is 438 g/mol. The van der Waals surface area contributed by atoms with E-state index in [0.29, 0.717) is 22.2 Å². The number of hydrogen-bond donors (Lipinski definition) is 2. The predicted octanol–water partition coefficient (Wildman–Crippen LogP) is 3.78. The summed E-state index contributed by atoms with van der Waals surface area (Å²) in [6, 6.07) is 13.9. The summed E-state index contributed by atoms with van der Waals surface area (Å²) in [5.74, 6) is 0.199. The number of nitrogens with zero attached hydrogens (tertiary/aromatic N) is 3. The van der Waals surface area contributed by atoms with Crippen LogP contribution in [0.2, 0.25) is 0 Å². The van der Waals surface area contributed by atoms with Gasteiger partial charge >= 0.3 is 0 Å². The molecule has 11 heteroatoms. The van der Waals surface area contributed by atoms with E-state index in [4.69, 9.17) is 4.74 Å². The highest BCUT2D eigenvalue weighted by atomic mass is 32.2. The number of anilines is 2. The Morgan fingerprint density at radius 2 is 1.61 bits per heavy atom. The molecule has 156 valence electrons. The zero-order valence-corrected chi connectivity index (χ0v) is 17.4. The quantitative estimate of drug-likeness (QED) is 0.436. The molecule has 0 saturated heterocycles. The Morgan fingerprint density at radius 1 is 0.903 bits per heavy atom. The molecule has 31 heavy (non-hydrogen) atoms. The van der Waals surface area contributed by atoms with Crippen molar-refractivity contribution in [3.05, 3.63) is 84.1 Å². The average Bonchev–Trinajstić information content (AvgIpc) is 3.28. The average molecular weight is 454 g/mol. The predicted molar refractivity (Wildman–Crippen MR) is 116 cm³/mol. The van der Waals surface area contributed by atoms with Gasteiger partial charge in [-0.2, -0.15) is 0 Å². The zero-order chi connectivity index (χ0) is 21.7. The number of aromatic nitrogens is 3. The van der Waals surface area contributed by atoms with E-state index in [-0.39, 0.29) is 16.8 Å². The number of amides is 1. The smallest absolute Gasteiger partial charge is 0.278 e. The van der Waals surface area contributed by atoms with Crippen LogP contribution in [-0.2, 0) is 10.0 Å². The van der Waals surface area contributed by atoms with Crippen molar-refractivity contribution in [3.63, 3.8) is 0 Å². The Balaban J connectivity index is 1.39. The highest BCUT2D eigenvalue weighted by Crippen LogP contribution is 2.24. The summed E-state index contributed by atoms with van der Waals surface area (Å²) in [6.45, 7) is 0. The van der Waals surface area contributed by atoms with E-state index >= 15 is 0 Å². The third-order valence-corrected chi connectivity index (χ3v) is 5.94. The Labute approximate surface area is 181 Å². The van der Waals surface area contributed by atoms with Gasteiger partial charge in [0.2, 0.25) is 5.95 Å². The van der Waals surface area contributed by atoms with Gasteiger partial charge in [-0.15, -0.1) is 0 Å². The minimum atomic E-state index is -3.84. The topological polar surface area (TPSA) is 123 Å². The maximum absolute atomic E-state index is 12.5. The molecule has 0 atom stereocenters. The molecule has 0 aliphatic rings. The third-order valence-electron chi connectivity index (χ3n) is 3.95. The largest absolute Gasteiger partial charge is 0.431 e. The summed E-state index contributed by atoms with van der Waals surface area (Å²) < 4.78 is 32.7. The molecule has 0 radical (unpaired) electrons. The Kier molecular flexibility index (Phi) is 5.87. The van der Waals surface area contributed by atoms with Crippen LogP contribution >= 0.6 is 11.3 Å². The van der Waals surface area contributed by atoms with Gasteiger partial charge < -0.3 is 10.1 Å². The van der Waals surface area contributed by atoms with Gasteiger partial charge in [-0.3, -0.25) is 4.79 Å². The molecule has 9 nitrogen and oxygen atoms in total. The Bertz CT molecular complexity index is 1260. The van der Waals surface area contributed by atoms with Crippen LogP contribution in [0.3, 0.4) is 0 Å². The van der Waals surface area contributed by atoms with Crippen molar-refractivity contribution in [1.29, 1.82) is 0 Å². The number of ether oxygens (including phenoxy) is 1. The molecule has 2 aromatic carbocycles. The molecule has 0 spiro atoms. The zero-order valence-electron chi connectivity index (χ0n) is 15.8. The molecule has 0 fully saturated rings. The number of rotatable bonds is 7. The summed E-state index contributed by atoms with van der Waals surface area (Å²) in [5.41, 5.74) is 0.870. The molecule has 2 heterocycles. The monoisotopic (exact) mass is 453 g/mol. The van der Waals surface area contributed by atoms with E-state index in [0.717, 1.165) is 0 Å². The normalized spacial score (nSPS) is 11.0. The van der Waals surface area contributed by atoms with Crippen LogP contribution in [0.4, 0.5) is 11.6 Å². The van der Waals surface area contributed by atoms with E-state index in [1.165, 1.54) is 48.0 Å². The number of nitrogens with one attached hydrogen (secondary N) is 2. The lowest BCUT2D eigenvalue weighted by molar-refractivity contribution is 0.102. The Morgan fingerprint density at radius 3 is 2.26 bits per heavy atom. The maximum atomic E-state index is 12.5. The maximum Gasteiger partial charge on any atom is 0.278 e. The minimum Gasteiger partial charge on any atom is -0.431 e. The van der Waals surface area contributed by atoms with Gasteiger partial charge in [-0.1, -0.05) is 11.3 Å². The van der Waals surface area contributed by atoms with Crippen molar-refractivity contribution >= 4 is 38.9 Å². The third kappa shape index (κ3) is 5.21. The lowest BCUT2D eigenvalue weighted by atomic mass is 10.2. The summed E-state index contributed by atoms with van der Waals surface area (Å²) in [7, 11) is -3.84. The van der Waals surface area contributed by atoms with Gasteiger partial charge in [0.05, 0.1) is 4.90 Å². The fourth-order valence-corrected chi connectivity index (χ4v) is 3.95. The first-order chi connectivity index (χ1) is 15.0. The molecule has 0 aliphatic carbocycles. The number of carbonyl (C=O) groups is 1. The first-order valence-electron chi connectivity index (χ1n) is 8.88. The van der Waals surface area contributed by atoms with Crippen molar-refractivity contribution in [2.24, 2.45) is 0 Å². The van der Waals surface area contributed by atoms with Crippen LogP contribution in [0, 0.1) is 0 Å². The lowest BCUT2D eigenvalue weighted by Gasteiger charge is -2.09. The molecule has 0 bridgehead atoms. The second-order valence-corrected chi connectivity index (χ2v) is 8.62. The molecule has 0 unspecified atom stereocenters. The van der Waals surface area contributed by atoms with Crippen LogP contribution < -0.4 is 14.8 Å². The molecule has 4 aromatic rings. The standard InChI is InChI=1S/C20H15N5O4S2/c26-18(14-2-6-16(7-3-14)29-20-23-12-13-30-20)24-15-4-8-17(9-5-15)31(27,28)25-19-21-10-1-11-22-19/h1-13H,(H,24,26)(H,21,22,25). The number of sulfonamides is 1. The number of benzene rings is 2. The molecule has 2 N–H and O–H groups in total. The SMILES string of the molecule is O=C(Nc1ccc(S(=O)(=O)Nc2ncccn2)cc1)c1ccc(Oc2nccs2)cc1. The van der Waals surface area contributed by atoms with Gasteiger partial charge in [0.15, 0.2) is 0 Å². The molecule has 1 amide bonds. The fourth-order valence-electron chi connectivity index (χ4n) is 2.49. The summed E-state index contributed by atoms with van der Waals surface area (Å²) in [4.78, 5) is 24.2. The molecule has 0 saturated carbocycles. The number of carbonyl (C=O) groups excluding carboxylic acids is 1. The van der Waals surface area contributed by atoms with Crippen LogP contribution in [-0.4, -0.2) is 29.3 Å². The summed E-state index contributed by atoms with van der Waals surface area (Å²) in [6.07, 6.45) is 4.51. The first kappa shape index (κ1) is 20.4. The number of hydrogen-bond acceptors (Lipinski definition) is 8. The van der Waals surface area contributed by atoms with Gasteiger partial charge in [0, 0.05) is 35.2 Å². The van der Waals surface area contributed by atoms with E-state index < -0.39 is 10.0 Å². The first-order valence-corrected chi connectivity index (χ1v) is 11.2. The van der Waals surface area contributed by atoms with E-state index in [1.807, 2.05) is 0 Å². The van der Waals surface area contributed by atoms with Crippen LogP contribution in [0.25, 0.3) is 0 Å². The molecular formula is C20H15N5O4S2. The Hall–Kier alpha value is -3.83. The minimum absolute atomic E-state index is 0.0154. The molecule has 0 aliphatic heterocycles. The van der Waals surface area contributed by atoms with Crippen LogP contribution in [0.1, 0.15) is 10.4 Å². The van der Waals surface area contributed by atoms with Gasteiger partial charge in [-0.05, 0) is 54.6 Å². The second-order valence-electron chi connectivity index (χ2n) is 6.08. The van der Waals surface area contributed by atoms with Gasteiger partial charge in [0.25, 0.3) is 21.1 Å². The lowest BCUT2D eigenvalue weighted by Crippen LogP contribution is -2.15. The van der Waals surface area contributed by atoms with E-state index in [1.54, 1.807) is 41.9 Å². The highest BCUT2D eigenvalue weighted by molar-refractivity contribution is 7.92. The van der Waals surface area contributed by atoms with Gasteiger partial charge in [-0.25, -0.2) is 28.1 Å².